The number of nitrogens with zero attached hydrogens (tertiary/aromatic N) is 6. The third-order valence-electron chi connectivity index (χ3n) is 8.72. The highest BCUT2D eigenvalue weighted by molar-refractivity contribution is 6.10. The van der Waals surface area contributed by atoms with Crippen LogP contribution in [0, 0.1) is 27.7 Å². The van der Waals surface area contributed by atoms with Crippen LogP contribution in [0.1, 0.15) is 22.4 Å². The van der Waals surface area contributed by atoms with E-state index in [0.29, 0.717) is 0 Å². The van der Waals surface area contributed by atoms with Gasteiger partial charge in [-0.3, -0.25) is 9.55 Å². The Balaban J connectivity index is 1.18. The van der Waals surface area contributed by atoms with E-state index in [1.54, 1.807) is 6.33 Å². The van der Waals surface area contributed by atoms with Crippen LogP contribution in [0.3, 0.4) is 0 Å². The molecule has 4 aromatic carbocycles. The lowest BCUT2D eigenvalue weighted by molar-refractivity contribution is 1.03. The molecular formula is C40H32N6. The van der Waals surface area contributed by atoms with Crippen molar-refractivity contribution in [1.29, 1.82) is 0 Å². The Morgan fingerprint density at radius 1 is 0.609 bits per heavy atom. The van der Waals surface area contributed by atoms with E-state index in [9.17, 15) is 0 Å². The Morgan fingerprint density at radius 3 is 2.09 bits per heavy atom. The summed E-state index contributed by atoms with van der Waals surface area (Å²) in [6, 6.07) is 32.6. The van der Waals surface area contributed by atoms with Gasteiger partial charge in [0.15, 0.2) is 0 Å². The average Bonchev–Trinajstić information content (AvgIpc) is 3.67. The lowest BCUT2D eigenvalue weighted by atomic mass is 10.0. The first-order valence-corrected chi connectivity index (χ1v) is 15.4. The van der Waals surface area contributed by atoms with E-state index in [4.69, 9.17) is 9.97 Å². The van der Waals surface area contributed by atoms with Crippen LogP contribution in [-0.4, -0.2) is 29.1 Å². The molecule has 6 heteroatoms. The minimum Gasteiger partial charge on any atom is -0.309 e. The van der Waals surface area contributed by atoms with Gasteiger partial charge in [-0.15, -0.1) is 0 Å². The number of imidazole rings is 1. The van der Waals surface area contributed by atoms with Gasteiger partial charge in [-0.25, -0.2) is 15.0 Å². The number of fused-ring (bicyclic) bond motifs is 3. The van der Waals surface area contributed by atoms with Crippen molar-refractivity contribution in [3.8, 4) is 45.1 Å². The molecule has 8 aromatic rings. The Morgan fingerprint density at radius 2 is 1.33 bits per heavy atom. The first-order chi connectivity index (χ1) is 22.4. The normalized spacial score (nSPS) is 11.5. The van der Waals surface area contributed by atoms with E-state index in [1.165, 1.54) is 27.5 Å². The van der Waals surface area contributed by atoms with E-state index >= 15 is 0 Å². The summed E-state index contributed by atoms with van der Waals surface area (Å²) in [5.74, 6) is 0.909. The Labute approximate surface area is 267 Å². The number of benzene rings is 4. The van der Waals surface area contributed by atoms with E-state index in [1.807, 2.05) is 25.5 Å². The standard InChI is InChI=1S/C40H32N6/c1-25-17-28(4)44-36(18-25)31-19-26(2)39(27(3)20-31)45-16-15-43-40(45)29-9-12-33(13-10-29)46-37-8-6-5-7-34(37)35-21-30(11-14-38(35)46)32-22-41-24-42-23-32/h5-24H,1-4H3. The number of hydrogen-bond acceptors (Lipinski definition) is 4. The van der Waals surface area contributed by atoms with Gasteiger partial charge < -0.3 is 4.57 Å². The minimum atomic E-state index is 0.909. The monoisotopic (exact) mass is 596 g/mol. The molecule has 0 N–H and O–H groups in total. The van der Waals surface area contributed by atoms with Crippen molar-refractivity contribution in [2.45, 2.75) is 27.7 Å². The van der Waals surface area contributed by atoms with Crippen molar-refractivity contribution in [3.63, 3.8) is 0 Å². The van der Waals surface area contributed by atoms with Crippen molar-refractivity contribution < 1.29 is 0 Å². The zero-order chi connectivity index (χ0) is 31.4. The van der Waals surface area contributed by atoms with Gasteiger partial charge in [0.05, 0.1) is 22.4 Å². The molecule has 6 nitrogen and oxygen atoms in total. The summed E-state index contributed by atoms with van der Waals surface area (Å²) in [6.07, 6.45) is 9.21. The highest BCUT2D eigenvalue weighted by Crippen LogP contribution is 2.36. The highest BCUT2D eigenvalue weighted by Gasteiger charge is 2.17. The van der Waals surface area contributed by atoms with Crippen molar-refractivity contribution in [1.82, 2.24) is 29.1 Å². The number of rotatable bonds is 5. The average molecular weight is 597 g/mol. The molecule has 0 atom stereocenters. The molecule has 0 unspecified atom stereocenters. The molecule has 0 amide bonds. The molecular weight excluding hydrogens is 564 g/mol. The lowest BCUT2D eigenvalue weighted by Gasteiger charge is -2.17. The van der Waals surface area contributed by atoms with Gasteiger partial charge in [0.25, 0.3) is 0 Å². The number of hydrogen-bond donors (Lipinski definition) is 0. The number of aryl methyl sites for hydroxylation is 4. The fraction of sp³-hybridized carbons (Fsp3) is 0.100. The van der Waals surface area contributed by atoms with E-state index in [0.717, 1.165) is 61.9 Å². The Bertz CT molecular complexity index is 2350. The third kappa shape index (κ3) is 4.66. The van der Waals surface area contributed by atoms with Crippen LogP contribution in [0.5, 0.6) is 0 Å². The van der Waals surface area contributed by atoms with Gasteiger partial charge in [0, 0.05) is 63.6 Å². The van der Waals surface area contributed by atoms with Gasteiger partial charge >= 0.3 is 0 Å². The van der Waals surface area contributed by atoms with Crippen LogP contribution in [-0.2, 0) is 0 Å². The summed E-state index contributed by atoms with van der Waals surface area (Å²) in [7, 11) is 0. The maximum absolute atomic E-state index is 4.81. The number of para-hydroxylation sites is 1. The van der Waals surface area contributed by atoms with Crippen molar-refractivity contribution in [2.75, 3.05) is 0 Å². The summed E-state index contributed by atoms with van der Waals surface area (Å²) >= 11 is 0. The van der Waals surface area contributed by atoms with Gasteiger partial charge in [-0.2, -0.15) is 0 Å². The third-order valence-corrected chi connectivity index (χ3v) is 8.72. The molecule has 0 aliphatic heterocycles. The zero-order valence-corrected chi connectivity index (χ0v) is 26.2. The quantitative estimate of drug-likeness (QED) is 0.199. The fourth-order valence-corrected chi connectivity index (χ4v) is 6.81. The summed E-state index contributed by atoms with van der Waals surface area (Å²) in [5, 5.41) is 2.41. The fourth-order valence-electron chi connectivity index (χ4n) is 6.81. The van der Waals surface area contributed by atoms with Crippen LogP contribution in [0.2, 0.25) is 0 Å². The molecule has 0 radical (unpaired) electrons. The molecule has 4 heterocycles. The molecule has 8 rings (SSSR count). The van der Waals surface area contributed by atoms with Gasteiger partial charge in [0.2, 0.25) is 0 Å². The van der Waals surface area contributed by atoms with Gasteiger partial charge in [0.1, 0.15) is 12.2 Å². The SMILES string of the molecule is Cc1cc(C)nc(-c2cc(C)c(-n3ccnc3-c3ccc(-n4c5ccccc5c5cc(-c6cncnc6)ccc54)cc3)c(C)c2)c1. The van der Waals surface area contributed by atoms with Crippen LogP contribution in [0.4, 0.5) is 0 Å². The molecule has 222 valence electrons. The largest absolute Gasteiger partial charge is 0.309 e. The van der Waals surface area contributed by atoms with Crippen LogP contribution < -0.4 is 0 Å². The molecule has 4 aromatic heterocycles. The van der Waals surface area contributed by atoms with E-state index in [2.05, 4.69) is 137 Å². The molecule has 0 aliphatic rings. The van der Waals surface area contributed by atoms with E-state index in [-0.39, 0.29) is 0 Å². The topological polar surface area (TPSA) is 61.4 Å². The van der Waals surface area contributed by atoms with Crippen LogP contribution >= 0.6 is 0 Å². The minimum absolute atomic E-state index is 0.909. The number of aromatic nitrogens is 6. The first-order valence-electron chi connectivity index (χ1n) is 15.4. The molecule has 0 fully saturated rings. The summed E-state index contributed by atoms with van der Waals surface area (Å²) in [6.45, 7) is 8.50. The first kappa shape index (κ1) is 27.7. The maximum Gasteiger partial charge on any atom is 0.144 e. The second kappa shape index (κ2) is 10.9. The summed E-state index contributed by atoms with van der Waals surface area (Å²) < 4.78 is 4.54. The second-order valence-electron chi connectivity index (χ2n) is 12.0. The molecule has 0 saturated heterocycles. The van der Waals surface area contributed by atoms with Gasteiger partial charge in [-0.1, -0.05) is 24.3 Å². The Hall–Kier alpha value is -5.88. The predicted octanol–water partition coefficient (Wildman–Crippen LogP) is 9.39. The smallest absolute Gasteiger partial charge is 0.144 e. The Kier molecular flexibility index (Phi) is 6.57. The number of pyridine rings is 1. The summed E-state index contributed by atoms with van der Waals surface area (Å²) in [4.78, 5) is 18.1. The molecule has 46 heavy (non-hydrogen) atoms. The molecule has 0 aliphatic carbocycles. The lowest BCUT2D eigenvalue weighted by Crippen LogP contribution is -2.03. The second-order valence-corrected chi connectivity index (χ2v) is 12.0. The highest BCUT2D eigenvalue weighted by atomic mass is 15.1. The molecule has 0 bridgehead atoms. The van der Waals surface area contributed by atoms with Crippen molar-refractivity contribution in [3.05, 3.63) is 144 Å². The van der Waals surface area contributed by atoms with Crippen LogP contribution in [0.15, 0.2) is 122 Å². The van der Waals surface area contributed by atoms with Gasteiger partial charge in [-0.05, 0) is 117 Å². The maximum atomic E-state index is 4.81. The predicted molar refractivity (Wildman–Crippen MR) is 187 cm³/mol. The molecule has 0 saturated carbocycles. The van der Waals surface area contributed by atoms with E-state index < -0.39 is 0 Å². The van der Waals surface area contributed by atoms with Crippen molar-refractivity contribution >= 4 is 21.8 Å². The van der Waals surface area contributed by atoms with Crippen LogP contribution in [0.25, 0.3) is 67.0 Å². The molecule has 0 spiro atoms. The zero-order valence-electron chi connectivity index (χ0n) is 26.2. The van der Waals surface area contributed by atoms with Crippen molar-refractivity contribution in [2.24, 2.45) is 0 Å². The summed E-state index contributed by atoms with van der Waals surface area (Å²) in [5.41, 5.74) is 14.5.